The topological polar surface area (TPSA) is 72.5 Å². The average molecular weight is 334 g/mol. The molecule has 0 aliphatic carbocycles. The molecule has 0 spiro atoms. The van der Waals surface area contributed by atoms with E-state index in [9.17, 15) is 13.2 Å². The van der Waals surface area contributed by atoms with Crippen LogP contribution in [0.2, 0.25) is 0 Å². The molecule has 2 aliphatic rings. The van der Waals surface area contributed by atoms with Gasteiger partial charge >= 0.3 is 5.76 Å². The zero-order valence-corrected chi connectivity index (χ0v) is 13.7. The largest absolute Gasteiger partial charge is 0.419 e. The molecule has 2 saturated heterocycles. The summed E-state index contributed by atoms with van der Waals surface area (Å²) in [4.78, 5) is 11.8. The minimum atomic E-state index is -3.59. The summed E-state index contributed by atoms with van der Waals surface area (Å²) in [5.41, 5.74) is 2.02. The third kappa shape index (κ3) is 2.10. The second kappa shape index (κ2) is 4.82. The van der Waals surface area contributed by atoms with Crippen LogP contribution in [0.4, 0.5) is 0 Å². The predicted molar refractivity (Wildman–Crippen MR) is 85.7 cm³/mol. The number of piperidine rings is 1. The maximum Gasteiger partial charge on any atom is 0.419 e. The summed E-state index contributed by atoms with van der Waals surface area (Å²) in [5.74, 6) is -0.496. The first kappa shape index (κ1) is 14.7. The van der Waals surface area contributed by atoms with Gasteiger partial charge in [0, 0.05) is 19.1 Å². The summed E-state index contributed by atoms with van der Waals surface area (Å²) in [7, 11) is -2.02. The Balaban J connectivity index is 1.81. The average Bonchev–Trinajstić information content (AvgIpc) is 2.95. The Morgan fingerprint density at radius 2 is 1.87 bits per heavy atom. The maximum absolute atomic E-state index is 13.1. The second-order valence-electron chi connectivity index (χ2n) is 6.43. The number of benzene rings is 1. The number of rotatable bonds is 2. The molecule has 1 aromatic heterocycles. The van der Waals surface area contributed by atoms with E-state index in [1.807, 2.05) is 0 Å². The summed E-state index contributed by atoms with van der Waals surface area (Å²) >= 11 is 0. The van der Waals surface area contributed by atoms with Gasteiger partial charge < -0.3 is 4.42 Å². The third-order valence-electron chi connectivity index (χ3n) is 4.94. The van der Waals surface area contributed by atoms with Crippen molar-refractivity contribution in [2.45, 2.75) is 42.7 Å². The van der Waals surface area contributed by atoms with Gasteiger partial charge in [-0.05, 0) is 43.9 Å². The van der Waals surface area contributed by atoms with Crippen LogP contribution in [-0.2, 0) is 17.1 Å². The van der Waals surface area contributed by atoms with Crippen molar-refractivity contribution in [1.82, 2.24) is 8.87 Å². The Morgan fingerprint density at radius 1 is 1.22 bits per heavy atom. The highest BCUT2D eigenvalue weighted by molar-refractivity contribution is 7.89. The molecule has 0 radical (unpaired) electrons. The lowest BCUT2D eigenvalue weighted by molar-refractivity contribution is 0.286. The van der Waals surface area contributed by atoms with Crippen molar-refractivity contribution in [3.05, 3.63) is 40.9 Å². The first-order valence-corrected chi connectivity index (χ1v) is 9.11. The van der Waals surface area contributed by atoms with Gasteiger partial charge in [0.2, 0.25) is 10.0 Å². The van der Waals surface area contributed by atoms with E-state index >= 15 is 0 Å². The minimum absolute atomic E-state index is 0.00937. The van der Waals surface area contributed by atoms with Crippen molar-refractivity contribution >= 4 is 21.1 Å². The summed E-state index contributed by atoms with van der Waals surface area (Å²) < 4.78 is 34.2. The molecule has 7 heteroatoms. The van der Waals surface area contributed by atoms with Gasteiger partial charge in [-0.1, -0.05) is 12.2 Å². The van der Waals surface area contributed by atoms with Crippen molar-refractivity contribution in [2.75, 3.05) is 0 Å². The quantitative estimate of drug-likeness (QED) is 0.788. The molecular weight excluding hydrogens is 316 g/mol. The fourth-order valence-electron chi connectivity index (χ4n) is 3.85. The standard InChI is InChI=1S/C16H18N2O4S/c1-10-7-11-3-4-12(8-10)18(11)23(20,21)13-5-6-15-14(9-13)17(2)16(19)22-15/h5-6,9,11-12H,1,3-4,7-8H2,2H3. The fourth-order valence-corrected chi connectivity index (χ4v) is 5.74. The van der Waals surface area contributed by atoms with Crippen LogP contribution < -0.4 is 5.76 Å². The van der Waals surface area contributed by atoms with Crippen LogP contribution in [0.15, 0.2) is 44.5 Å². The SMILES string of the molecule is C=C1CC2CCC(C1)N2S(=O)(=O)c1ccc2oc(=O)n(C)c2c1. The molecular formula is C16H18N2O4S. The Labute approximate surface area is 134 Å². The highest BCUT2D eigenvalue weighted by Crippen LogP contribution is 2.41. The van der Waals surface area contributed by atoms with E-state index in [0.29, 0.717) is 11.1 Å². The fraction of sp³-hybridized carbons (Fsp3) is 0.438. The van der Waals surface area contributed by atoms with Gasteiger partial charge in [0.1, 0.15) is 0 Å². The van der Waals surface area contributed by atoms with Crippen LogP contribution >= 0.6 is 0 Å². The van der Waals surface area contributed by atoms with Gasteiger partial charge in [-0.15, -0.1) is 0 Å². The molecule has 0 amide bonds. The van der Waals surface area contributed by atoms with E-state index in [4.69, 9.17) is 4.42 Å². The van der Waals surface area contributed by atoms with Crippen LogP contribution in [0.25, 0.3) is 11.1 Å². The van der Waals surface area contributed by atoms with Gasteiger partial charge in [-0.2, -0.15) is 4.31 Å². The first-order chi connectivity index (χ1) is 10.9. The summed E-state index contributed by atoms with van der Waals surface area (Å²) in [6.45, 7) is 4.03. The highest BCUT2D eigenvalue weighted by Gasteiger charge is 2.45. The van der Waals surface area contributed by atoms with E-state index in [1.54, 1.807) is 17.4 Å². The molecule has 122 valence electrons. The van der Waals surface area contributed by atoms with Crippen molar-refractivity contribution < 1.29 is 12.8 Å². The molecule has 2 aliphatic heterocycles. The number of sulfonamides is 1. The predicted octanol–water partition coefficient (Wildman–Crippen LogP) is 2.00. The number of fused-ring (bicyclic) bond motifs is 3. The number of aryl methyl sites for hydroxylation is 1. The molecule has 2 unspecified atom stereocenters. The maximum atomic E-state index is 13.1. The van der Waals surface area contributed by atoms with Gasteiger partial charge in [0.15, 0.2) is 5.58 Å². The minimum Gasteiger partial charge on any atom is -0.408 e. The second-order valence-corrected chi connectivity index (χ2v) is 8.28. The van der Waals surface area contributed by atoms with Crippen LogP contribution in [-0.4, -0.2) is 29.4 Å². The summed E-state index contributed by atoms with van der Waals surface area (Å²) in [6.07, 6.45) is 3.25. The van der Waals surface area contributed by atoms with Crippen molar-refractivity contribution in [2.24, 2.45) is 7.05 Å². The van der Waals surface area contributed by atoms with Crippen molar-refractivity contribution in [1.29, 1.82) is 0 Å². The molecule has 23 heavy (non-hydrogen) atoms. The third-order valence-corrected chi connectivity index (χ3v) is 6.94. The molecule has 6 nitrogen and oxygen atoms in total. The highest BCUT2D eigenvalue weighted by atomic mass is 32.2. The van der Waals surface area contributed by atoms with Crippen LogP contribution in [0, 0.1) is 0 Å². The lowest BCUT2D eigenvalue weighted by atomic mass is 10.0. The summed E-state index contributed by atoms with van der Waals surface area (Å²) in [5, 5.41) is 0. The van der Waals surface area contributed by atoms with Gasteiger partial charge in [0.25, 0.3) is 0 Å². The number of hydrogen-bond acceptors (Lipinski definition) is 4. The number of hydrogen-bond donors (Lipinski definition) is 0. The first-order valence-electron chi connectivity index (χ1n) is 7.67. The number of oxazole rings is 1. The van der Waals surface area contributed by atoms with E-state index in [1.165, 1.54) is 16.7 Å². The molecule has 2 bridgehead atoms. The Bertz CT molecular complexity index is 954. The lowest BCUT2D eigenvalue weighted by Crippen LogP contribution is -2.44. The van der Waals surface area contributed by atoms with Crippen molar-refractivity contribution in [3.8, 4) is 0 Å². The van der Waals surface area contributed by atoms with Crippen LogP contribution in [0.3, 0.4) is 0 Å². The van der Waals surface area contributed by atoms with Crippen molar-refractivity contribution in [3.63, 3.8) is 0 Å². The van der Waals surface area contributed by atoms with E-state index in [-0.39, 0.29) is 17.0 Å². The molecule has 0 saturated carbocycles. The molecule has 2 fully saturated rings. The normalized spacial score (nSPS) is 25.3. The Hall–Kier alpha value is -1.86. The van der Waals surface area contributed by atoms with Gasteiger partial charge in [-0.25, -0.2) is 13.2 Å². The lowest BCUT2D eigenvalue weighted by Gasteiger charge is -2.34. The number of nitrogens with zero attached hydrogens (tertiary/aromatic N) is 2. The zero-order valence-electron chi connectivity index (χ0n) is 12.9. The van der Waals surface area contributed by atoms with E-state index in [0.717, 1.165) is 31.3 Å². The van der Waals surface area contributed by atoms with E-state index < -0.39 is 15.8 Å². The Morgan fingerprint density at radius 3 is 2.52 bits per heavy atom. The van der Waals surface area contributed by atoms with Crippen LogP contribution in [0.1, 0.15) is 25.7 Å². The zero-order chi connectivity index (χ0) is 16.4. The van der Waals surface area contributed by atoms with Crippen LogP contribution in [0.5, 0.6) is 0 Å². The molecule has 4 rings (SSSR count). The van der Waals surface area contributed by atoms with E-state index in [2.05, 4.69) is 6.58 Å². The molecule has 3 heterocycles. The Kier molecular flexibility index (Phi) is 3.08. The number of aromatic nitrogens is 1. The summed E-state index contributed by atoms with van der Waals surface area (Å²) in [6, 6.07) is 4.61. The van der Waals surface area contributed by atoms with Gasteiger partial charge in [-0.3, -0.25) is 4.57 Å². The molecule has 2 atom stereocenters. The monoisotopic (exact) mass is 334 g/mol. The molecule has 2 aromatic rings. The molecule has 1 aromatic carbocycles. The molecule has 0 N–H and O–H groups in total. The van der Waals surface area contributed by atoms with Gasteiger partial charge in [0.05, 0.1) is 10.4 Å². The smallest absolute Gasteiger partial charge is 0.408 e.